The van der Waals surface area contributed by atoms with Crippen molar-refractivity contribution in [2.45, 2.75) is 44.2 Å². The van der Waals surface area contributed by atoms with Gasteiger partial charge in [0.15, 0.2) is 0 Å². The number of likely N-dealkylation sites (tertiary alicyclic amines) is 1. The van der Waals surface area contributed by atoms with Crippen molar-refractivity contribution in [1.29, 1.82) is 0 Å². The molecule has 0 bridgehead atoms. The van der Waals surface area contributed by atoms with Crippen LogP contribution in [0.1, 0.15) is 48.5 Å². The Labute approximate surface area is 107 Å². The van der Waals surface area contributed by atoms with Gasteiger partial charge in [0, 0.05) is 25.3 Å². The molecule has 1 atom stereocenters. The average Bonchev–Trinajstić information content (AvgIpc) is 3.10. The van der Waals surface area contributed by atoms with E-state index < -0.39 is 5.91 Å². The second-order valence-electron chi connectivity index (χ2n) is 5.45. The van der Waals surface area contributed by atoms with E-state index in [0.717, 1.165) is 25.6 Å². The lowest BCUT2D eigenvalue weighted by molar-refractivity contribution is 0.1000. The van der Waals surface area contributed by atoms with Gasteiger partial charge in [0.25, 0.3) is 5.91 Å². The Morgan fingerprint density at radius 3 is 2.72 bits per heavy atom. The quantitative estimate of drug-likeness (QED) is 0.873. The van der Waals surface area contributed by atoms with Gasteiger partial charge in [-0.1, -0.05) is 12.8 Å². The first-order valence-corrected chi connectivity index (χ1v) is 6.82. The summed E-state index contributed by atoms with van der Waals surface area (Å²) in [7, 11) is 0. The molecule has 18 heavy (non-hydrogen) atoms. The SMILES string of the molecule is NC(=O)c1cnn(C2CCN(C3CCCC3)C2)c1. The van der Waals surface area contributed by atoms with E-state index in [1.54, 1.807) is 12.4 Å². The molecule has 3 rings (SSSR count). The second kappa shape index (κ2) is 4.72. The normalized spacial score (nSPS) is 25.9. The smallest absolute Gasteiger partial charge is 0.251 e. The number of amides is 1. The highest BCUT2D eigenvalue weighted by Gasteiger charge is 2.31. The number of hydrogen-bond donors (Lipinski definition) is 1. The number of hydrogen-bond acceptors (Lipinski definition) is 3. The Balaban J connectivity index is 1.65. The van der Waals surface area contributed by atoms with Crippen LogP contribution in [-0.2, 0) is 0 Å². The van der Waals surface area contributed by atoms with Gasteiger partial charge in [-0.2, -0.15) is 5.10 Å². The zero-order valence-electron chi connectivity index (χ0n) is 10.6. The molecule has 0 spiro atoms. The summed E-state index contributed by atoms with van der Waals surface area (Å²) in [5.41, 5.74) is 5.76. The minimum Gasteiger partial charge on any atom is -0.366 e. The maximum Gasteiger partial charge on any atom is 0.251 e. The molecule has 2 aliphatic rings. The summed E-state index contributed by atoms with van der Waals surface area (Å²) in [6.07, 6.45) is 9.91. The van der Waals surface area contributed by atoms with Crippen molar-refractivity contribution < 1.29 is 4.79 Å². The molecular weight excluding hydrogens is 228 g/mol. The maximum atomic E-state index is 11.1. The van der Waals surface area contributed by atoms with Crippen LogP contribution in [0.5, 0.6) is 0 Å². The van der Waals surface area contributed by atoms with Gasteiger partial charge >= 0.3 is 0 Å². The molecule has 2 heterocycles. The van der Waals surface area contributed by atoms with Crippen LogP contribution >= 0.6 is 0 Å². The van der Waals surface area contributed by atoms with E-state index in [0.29, 0.717) is 11.6 Å². The van der Waals surface area contributed by atoms with Gasteiger partial charge in [-0.15, -0.1) is 0 Å². The van der Waals surface area contributed by atoms with Crippen LogP contribution in [0.2, 0.25) is 0 Å². The predicted molar refractivity (Wildman–Crippen MR) is 68.2 cm³/mol. The van der Waals surface area contributed by atoms with Crippen LogP contribution in [0.4, 0.5) is 0 Å². The fraction of sp³-hybridized carbons (Fsp3) is 0.692. The number of primary amides is 1. The van der Waals surface area contributed by atoms with Crippen LogP contribution in [0.25, 0.3) is 0 Å². The molecule has 1 saturated carbocycles. The van der Waals surface area contributed by atoms with E-state index in [-0.39, 0.29) is 0 Å². The topological polar surface area (TPSA) is 64.2 Å². The molecule has 98 valence electrons. The Hall–Kier alpha value is -1.36. The molecule has 1 aromatic rings. The highest BCUT2D eigenvalue weighted by Crippen LogP contribution is 2.30. The third kappa shape index (κ3) is 2.14. The van der Waals surface area contributed by atoms with E-state index >= 15 is 0 Å². The first kappa shape index (κ1) is 11.7. The number of nitrogens with zero attached hydrogens (tertiary/aromatic N) is 3. The van der Waals surface area contributed by atoms with Crippen molar-refractivity contribution in [2.24, 2.45) is 5.73 Å². The Morgan fingerprint density at radius 2 is 2.06 bits per heavy atom. The van der Waals surface area contributed by atoms with Crippen LogP contribution in [0.3, 0.4) is 0 Å². The predicted octanol–water partition coefficient (Wildman–Crippen LogP) is 1.17. The van der Waals surface area contributed by atoms with Crippen molar-refractivity contribution in [3.8, 4) is 0 Å². The molecule has 5 nitrogen and oxygen atoms in total. The highest BCUT2D eigenvalue weighted by molar-refractivity contribution is 5.92. The number of rotatable bonds is 3. The minimum absolute atomic E-state index is 0.396. The molecule has 1 saturated heterocycles. The van der Waals surface area contributed by atoms with Gasteiger partial charge in [-0.3, -0.25) is 14.4 Å². The van der Waals surface area contributed by atoms with Crippen LogP contribution in [-0.4, -0.2) is 39.7 Å². The summed E-state index contributed by atoms with van der Waals surface area (Å²) in [6.45, 7) is 2.21. The molecule has 1 amide bonds. The number of aromatic nitrogens is 2. The molecule has 2 N–H and O–H groups in total. The Morgan fingerprint density at radius 1 is 1.28 bits per heavy atom. The average molecular weight is 248 g/mol. The van der Waals surface area contributed by atoms with E-state index in [4.69, 9.17) is 5.73 Å². The Kier molecular flexibility index (Phi) is 3.07. The van der Waals surface area contributed by atoms with Gasteiger partial charge < -0.3 is 5.73 Å². The van der Waals surface area contributed by atoms with Crippen molar-refractivity contribution in [3.63, 3.8) is 0 Å². The first-order valence-electron chi connectivity index (χ1n) is 6.82. The second-order valence-corrected chi connectivity index (χ2v) is 5.45. The lowest BCUT2D eigenvalue weighted by Crippen LogP contribution is -2.31. The maximum absolute atomic E-state index is 11.1. The fourth-order valence-electron chi connectivity index (χ4n) is 3.25. The van der Waals surface area contributed by atoms with Gasteiger partial charge in [0.2, 0.25) is 0 Å². The van der Waals surface area contributed by atoms with Gasteiger partial charge in [0.1, 0.15) is 0 Å². The molecule has 5 heteroatoms. The lowest BCUT2D eigenvalue weighted by Gasteiger charge is -2.23. The van der Waals surface area contributed by atoms with Crippen molar-refractivity contribution in [3.05, 3.63) is 18.0 Å². The van der Waals surface area contributed by atoms with Crippen LogP contribution in [0.15, 0.2) is 12.4 Å². The van der Waals surface area contributed by atoms with Gasteiger partial charge in [0.05, 0.1) is 17.8 Å². The molecular formula is C13H20N4O. The summed E-state index contributed by atoms with van der Waals surface area (Å²) in [5.74, 6) is -0.396. The number of nitrogens with two attached hydrogens (primary N) is 1. The molecule has 0 radical (unpaired) electrons. The van der Waals surface area contributed by atoms with E-state index in [1.807, 2.05) is 4.68 Å². The standard InChI is InChI=1S/C13H20N4O/c14-13(18)10-7-15-17(8-10)12-5-6-16(9-12)11-3-1-2-4-11/h7-8,11-12H,1-6,9H2,(H2,14,18). The summed E-state index contributed by atoms with van der Waals surface area (Å²) < 4.78 is 1.91. The fourth-order valence-corrected chi connectivity index (χ4v) is 3.25. The Bertz CT molecular complexity index is 436. The summed E-state index contributed by atoms with van der Waals surface area (Å²) >= 11 is 0. The summed E-state index contributed by atoms with van der Waals surface area (Å²) in [4.78, 5) is 13.6. The van der Waals surface area contributed by atoms with Gasteiger partial charge in [-0.05, 0) is 19.3 Å². The minimum atomic E-state index is -0.396. The van der Waals surface area contributed by atoms with Crippen molar-refractivity contribution >= 4 is 5.91 Å². The molecule has 2 fully saturated rings. The van der Waals surface area contributed by atoms with Crippen LogP contribution < -0.4 is 5.73 Å². The number of carbonyl (C=O) groups is 1. The first-order chi connectivity index (χ1) is 8.74. The molecule has 0 aromatic carbocycles. The number of carbonyl (C=O) groups excluding carboxylic acids is 1. The molecule has 1 aliphatic carbocycles. The van der Waals surface area contributed by atoms with E-state index in [9.17, 15) is 4.79 Å². The summed E-state index contributed by atoms with van der Waals surface area (Å²) in [5, 5.41) is 4.27. The summed E-state index contributed by atoms with van der Waals surface area (Å²) in [6, 6.07) is 1.18. The highest BCUT2D eigenvalue weighted by atomic mass is 16.1. The van der Waals surface area contributed by atoms with E-state index in [1.165, 1.54) is 25.7 Å². The molecule has 1 unspecified atom stereocenters. The lowest BCUT2D eigenvalue weighted by atomic mass is 10.2. The zero-order valence-corrected chi connectivity index (χ0v) is 10.6. The van der Waals surface area contributed by atoms with Crippen molar-refractivity contribution in [2.75, 3.05) is 13.1 Å². The third-order valence-electron chi connectivity index (χ3n) is 4.30. The zero-order chi connectivity index (χ0) is 12.5. The molecule has 1 aliphatic heterocycles. The third-order valence-corrected chi connectivity index (χ3v) is 4.30. The van der Waals surface area contributed by atoms with Crippen LogP contribution in [0, 0.1) is 0 Å². The van der Waals surface area contributed by atoms with Gasteiger partial charge in [-0.25, -0.2) is 0 Å². The van der Waals surface area contributed by atoms with E-state index in [2.05, 4.69) is 10.00 Å². The monoisotopic (exact) mass is 248 g/mol. The molecule has 1 aromatic heterocycles. The largest absolute Gasteiger partial charge is 0.366 e. The van der Waals surface area contributed by atoms with Crippen molar-refractivity contribution in [1.82, 2.24) is 14.7 Å².